The molecule has 0 bridgehead atoms. The molecule has 0 saturated carbocycles. The van der Waals surface area contributed by atoms with Gasteiger partial charge in [0.25, 0.3) is 0 Å². The largest absolute Gasteiger partial charge is 0.258 e. The van der Waals surface area contributed by atoms with Crippen LogP contribution in [-0.2, 0) is 5.41 Å². The van der Waals surface area contributed by atoms with E-state index in [2.05, 4.69) is 117 Å². The molecule has 2 heteroatoms. The molecule has 160 valence electrons. The van der Waals surface area contributed by atoms with Crippen LogP contribution in [0, 0.1) is 5.92 Å². The van der Waals surface area contributed by atoms with Crippen LogP contribution >= 0.6 is 0 Å². The summed E-state index contributed by atoms with van der Waals surface area (Å²) in [5.41, 5.74) is 3.16. The van der Waals surface area contributed by atoms with Crippen molar-refractivity contribution < 1.29 is 0 Å². The SMILES string of the molecule is C/C=C/C(c1ccccc1)(c1ccccc1)C1C=NC(c2ccccc2)=NC1/C=C/CC. The average molecular weight is 419 g/mol. The van der Waals surface area contributed by atoms with Crippen LogP contribution in [0.4, 0.5) is 0 Å². The molecule has 0 aromatic heterocycles. The molecule has 3 aromatic carbocycles. The number of nitrogens with zero attached hydrogens (tertiary/aromatic N) is 2. The van der Waals surface area contributed by atoms with Gasteiger partial charge in [0.15, 0.2) is 5.84 Å². The quantitative estimate of drug-likeness (QED) is 0.368. The van der Waals surface area contributed by atoms with Crippen molar-refractivity contribution >= 4 is 12.1 Å². The molecule has 1 aliphatic rings. The molecule has 2 atom stereocenters. The number of amidine groups is 1. The zero-order chi connectivity index (χ0) is 22.2. The molecule has 0 saturated heterocycles. The number of allylic oxidation sites excluding steroid dienone is 3. The molecule has 0 radical (unpaired) electrons. The number of hydrogen-bond acceptors (Lipinski definition) is 2. The lowest BCUT2D eigenvalue weighted by molar-refractivity contribution is 0.454. The summed E-state index contributed by atoms with van der Waals surface area (Å²) in [5.74, 6) is 0.835. The number of benzene rings is 3. The van der Waals surface area contributed by atoms with Gasteiger partial charge in [0.2, 0.25) is 0 Å². The van der Waals surface area contributed by atoms with Crippen molar-refractivity contribution in [1.29, 1.82) is 0 Å². The summed E-state index contributed by atoms with van der Waals surface area (Å²) >= 11 is 0. The van der Waals surface area contributed by atoms with E-state index in [1.54, 1.807) is 0 Å². The highest BCUT2D eigenvalue weighted by molar-refractivity contribution is 6.05. The fraction of sp³-hybridized carbons (Fsp3) is 0.200. The van der Waals surface area contributed by atoms with Crippen LogP contribution in [-0.4, -0.2) is 18.1 Å². The molecule has 0 spiro atoms. The van der Waals surface area contributed by atoms with Gasteiger partial charge in [0.1, 0.15) is 0 Å². The minimum absolute atomic E-state index is 0.0285. The molecule has 3 aromatic rings. The van der Waals surface area contributed by atoms with Crippen molar-refractivity contribution in [2.75, 3.05) is 0 Å². The Morgan fingerprint density at radius 1 is 0.812 bits per heavy atom. The Hall–Kier alpha value is -3.52. The topological polar surface area (TPSA) is 24.7 Å². The Morgan fingerprint density at radius 2 is 1.38 bits per heavy atom. The van der Waals surface area contributed by atoms with Crippen LogP contribution in [0.25, 0.3) is 0 Å². The maximum absolute atomic E-state index is 5.17. The maximum Gasteiger partial charge on any atom is 0.154 e. The van der Waals surface area contributed by atoms with Crippen LogP contribution in [0.2, 0.25) is 0 Å². The predicted molar refractivity (Wildman–Crippen MR) is 137 cm³/mol. The highest BCUT2D eigenvalue weighted by atomic mass is 15.0. The summed E-state index contributed by atoms with van der Waals surface area (Å²) in [4.78, 5) is 10.1. The number of rotatable bonds is 7. The van der Waals surface area contributed by atoms with Crippen molar-refractivity contribution in [2.24, 2.45) is 15.9 Å². The summed E-state index contributed by atoms with van der Waals surface area (Å²) in [5, 5.41) is 0. The molecule has 2 unspecified atom stereocenters. The first-order chi connectivity index (χ1) is 15.8. The van der Waals surface area contributed by atoms with Gasteiger partial charge in [-0.05, 0) is 24.5 Å². The molecule has 1 aliphatic heterocycles. The second kappa shape index (κ2) is 10.2. The average Bonchev–Trinajstić information content (AvgIpc) is 2.87. The molecule has 0 aliphatic carbocycles. The van der Waals surface area contributed by atoms with E-state index in [0.717, 1.165) is 17.8 Å². The fourth-order valence-electron chi connectivity index (χ4n) is 4.60. The highest BCUT2D eigenvalue weighted by Crippen LogP contribution is 2.44. The Bertz CT molecular complexity index is 1070. The summed E-state index contributed by atoms with van der Waals surface area (Å²) < 4.78 is 0. The lowest BCUT2D eigenvalue weighted by Gasteiger charge is -2.41. The smallest absolute Gasteiger partial charge is 0.154 e. The third-order valence-electron chi connectivity index (χ3n) is 6.06. The van der Waals surface area contributed by atoms with E-state index in [1.807, 2.05) is 18.2 Å². The van der Waals surface area contributed by atoms with Crippen molar-refractivity contribution in [1.82, 2.24) is 0 Å². The molecular formula is C30H30N2. The summed E-state index contributed by atoms with van der Waals surface area (Å²) in [6.45, 7) is 4.26. The minimum atomic E-state index is -0.380. The van der Waals surface area contributed by atoms with Gasteiger partial charge < -0.3 is 0 Å². The monoisotopic (exact) mass is 418 g/mol. The van der Waals surface area contributed by atoms with Gasteiger partial charge in [-0.2, -0.15) is 0 Å². The van der Waals surface area contributed by atoms with E-state index in [-0.39, 0.29) is 17.4 Å². The molecule has 32 heavy (non-hydrogen) atoms. The summed E-state index contributed by atoms with van der Waals surface area (Å²) in [7, 11) is 0. The highest BCUT2D eigenvalue weighted by Gasteiger charge is 2.43. The van der Waals surface area contributed by atoms with Crippen LogP contribution in [0.1, 0.15) is 37.0 Å². The van der Waals surface area contributed by atoms with Gasteiger partial charge in [-0.3, -0.25) is 4.99 Å². The van der Waals surface area contributed by atoms with Gasteiger partial charge in [0, 0.05) is 23.1 Å². The lowest BCUT2D eigenvalue weighted by Crippen LogP contribution is -2.43. The molecular weight excluding hydrogens is 388 g/mol. The Labute approximate surface area is 191 Å². The second-order valence-electron chi connectivity index (χ2n) is 8.05. The summed E-state index contributed by atoms with van der Waals surface area (Å²) in [6.07, 6.45) is 12.1. The van der Waals surface area contributed by atoms with Crippen molar-refractivity contribution in [2.45, 2.75) is 31.7 Å². The van der Waals surface area contributed by atoms with Gasteiger partial charge in [-0.15, -0.1) is 0 Å². The van der Waals surface area contributed by atoms with E-state index < -0.39 is 0 Å². The summed E-state index contributed by atoms with van der Waals surface area (Å²) in [6, 6.07) is 31.7. The first-order valence-electron chi connectivity index (χ1n) is 11.4. The van der Waals surface area contributed by atoms with E-state index >= 15 is 0 Å². The van der Waals surface area contributed by atoms with Crippen molar-refractivity contribution in [3.05, 3.63) is 132 Å². The van der Waals surface area contributed by atoms with Gasteiger partial charge in [0.05, 0.1) is 6.04 Å². The molecule has 1 heterocycles. The molecule has 2 nitrogen and oxygen atoms in total. The van der Waals surface area contributed by atoms with Gasteiger partial charge >= 0.3 is 0 Å². The van der Waals surface area contributed by atoms with Gasteiger partial charge in [-0.25, -0.2) is 4.99 Å². The second-order valence-corrected chi connectivity index (χ2v) is 8.05. The first kappa shape index (κ1) is 21.7. The first-order valence-corrected chi connectivity index (χ1v) is 11.4. The van der Waals surface area contributed by atoms with Crippen LogP contribution in [0.5, 0.6) is 0 Å². The van der Waals surface area contributed by atoms with Crippen LogP contribution in [0.3, 0.4) is 0 Å². The lowest BCUT2D eigenvalue weighted by atomic mass is 9.63. The Balaban J connectivity index is 1.91. The van der Waals surface area contributed by atoms with E-state index in [4.69, 9.17) is 9.98 Å². The third kappa shape index (κ3) is 4.27. The van der Waals surface area contributed by atoms with E-state index in [9.17, 15) is 0 Å². The fourth-order valence-corrected chi connectivity index (χ4v) is 4.60. The standard InChI is InChI=1S/C30H30N2/c1-3-5-21-28-27(23-31-29(32-28)24-15-9-6-10-16-24)30(22-4-2,25-17-11-7-12-18-25)26-19-13-8-14-20-26/h4-23,27-28H,3H2,1-2H3/b21-5+,22-4+. The predicted octanol–water partition coefficient (Wildman–Crippen LogP) is 7.03. The van der Waals surface area contributed by atoms with Crippen LogP contribution < -0.4 is 0 Å². The number of hydrogen-bond donors (Lipinski definition) is 0. The molecule has 0 N–H and O–H groups in total. The zero-order valence-corrected chi connectivity index (χ0v) is 18.8. The van der Waals surface area contributed by atoms with E-state index in [0.29, 0.717) is 0 Å². The Morgan fingerprint density at radius 3 is 1.91 bits per heavy atom. The van der Waals surface area contributed by atoms with Crippen molar-refractivity contribution in [3.63, 3.8) is 0 Å². The van der Waals surface area contributed by atoms with Crippen molar-refractivity contribution in [3.8, 4) is 0 Å². The minimum Gasteiger partial charge on any atom is -0.258 e. The third-order valence-corrected chi connectivity index (χ3v) is 6.06. The number of aliphatic imine (C=N–C) groups is 2. The normalized spacial score (nSPS) is 18.9. The molecule has 0 fully saturated rings. The maximum atomic E-state index is 5.17. The Kier molecular flexibility index (Phi) is 6.91. The van der Waals surface area contributed by atoms with E-state index in [1.165, 1.54) is 11.1 Å². The molecule has 0 amide bonds. The zero-order valence-electron chi connectivity index (χ0n) is 18.8. The molecule has 4 rings (SSSR count). The van der Waals surface area contributed by atoms with Crippen LogP contribution in [0.15, 0.2) is 125 Å². The van der Waals surface area contributed by atoms with Gasteiger partial charge in [-0.1, -0.05) is 122 Å².